The fourth-order valence-electron chi connectivity index (χ4n) is 1.76. The largest absolute Gasteiger partial charge is 0.398 e. The standard InChI is InChI=1S/C11H8BrN5O2/c12-5-2-1-4(3-6(5)13)8-14-7-9(15-8)16-11(19)17-10(7)18/h1-3H,13H2,(H3,14,15,16,17,18,19). The molecule has 0 spiro atoms. The summed E-state index contributed by atoms with van der Waals surface area (Å²) in [7, 11) is 0. The van der Waals surface area contributed by atoms with Gasteiger partial charge in [-0.1, -0.05) is 0 Å². The monoisotopic (exact) mass is 321 g/mol. The van der Waals surface area contributed by atoms with E-state index in [0.29, 0.717) is 11.5 Å². The van der Waals surface area contributed by atoms with Crippen molar-refractivity contribution in [1.82, 2.24) is 19.9 Å². The second kappa shape index (κ2) is 4.09. The van der Waals surface area contributed by atoms with Gasteiger partial charge < -0.3 is 10.7 Å². The van der Waals surface area contributed by atoms with Gasteiger partial charge in [0.15, 0.2) is 5.65 Å². The van der Waals surface area contributed by atoms with E-state index < -0.39 is 11.2 Å². The molecule has 7 nitrogen and oxygen atoms in total. The van der Waals surface area contributed by atoms with E-state index in [-0.39, 0.29) is 11.2 Å². The molecule has 2 aromatic heterocycles. The van der Waals surface area contributed by atoms with E-state index in [1.807, 2.05) is 0 Å². The number of halogens is 1. The van der Waals surface area contributed by atoms with E-state index in [9.17, 15) is 9.59 Å². The lowest BCUT2D eigenvalue weighted by atomic mass is 10.2. The number of imidazole rings is 1. The summed E-state index contributed by atoms with van der Waals surface area (Å²) in [5.74, 6) is 0.460. The molecule has 0 radical (unpaired) electrons. The van der Waals surface area contributed by atoms with Gasteiger partial charge in [0.05, 0.1) is 0 Å². The summed E-state index contributed by atoms with van der Waals surface area (Å²) >= 11 is 3.30. The van der Waals surface area contributed by atoms with Crippen LogP contribution in [0.15, 0.2) is 32.3 Å². The molecule has 0 saturated carbocycles. The number of aromatic nitrogens is 4. The normalized spacial score (nSPS) is 11.0. The maximum absolute atomic E-state index is 11.6. The van der Waals surface area contributed by atoms with Crippen molar-refractivity contribution in [3.05, 3.63) is 43.5 Å². The summed E-state index contributed by atoms with van der Waals surface area (Å²) < 4.78 is 0.776. The third-order valence-electron chi connectivity index (χ3n) is 2.66. The SMILES string of the molecule is Nc1cc(-c2nc3[nH]c(=O)[nH]c(=O)c3[nH]2)ccc1Br. The average Bonchev–Trinajstić information content (AvgIpc) is 2.76. The van der Waals surface area contributed by atoms with E-state index in [1.54, 1.807) is 18.2 Å². The van der Waals surface area contributed by atoms with E-state index in [2.05, 4.69) is 35.9 Å². The van der Waals surface area contributed by atoms with Gasteiger partial charge in [0.2, 0.25) is 0 Å². The first-order chi connectivity index (χ1) is 9.04. The molecule has 96 valence electrons. The van der Waals surface area contributed by atoms with Crippen LogP contribution in [0.5, 0.6) is 0 Å². The minimum atomic E-state index is -0.592. The predicted octanol–water partition coefficient (Wildman–Crippen LogP) is 0.951. The minimum Gasteiger partial charge on any atom is -0.398 e. The Morgan fingerprint density at radius 1 is 1.16 bits per heavy atom. The van der Waals surface area contributed by atoms with Crippen molar-refractivity contribution in [3.63, 3.8) is 0 Å². The van der Waals surface area contributed by atoms with Crippen molar-refractivity contribution in [1.29, 1.82) is 0 Å². The quantitative estimate of drug-likeness (QED) is 0.498. The number of aromatic amines is 3. The lowest BCUT2D eigenvalue weighted by Crippen LogP contribution is -2.21. The molecule has 0 fully saturated rings. The first kappa shape index (κ1) is 11.7. The maximum Gasteiger partial charge on any atom is 0.327 e. The van der Waals surface area contributed by atoms with Crippen LogP contribution in [0.4, 0.5) is 5.69 Å². The molecular weight excluding hydrogens is 314 g/mol. The van der Waals surface area contributed by atoms with Crippen LogP contribution in [0.25, 0.3) is 22.6 Å². The molecule has 2 heterocycles. The molecule has 0 saturated heterocycles. The van der Waals surface area contributed by atoms with E-state index in [0.717, 1.165) is 10.0 Å². The topological polar surface area (TPSA) is 120 Å². The van der Waals surface area contributed by atoms with Gasteiger partial charge in [-0.05, 0) is 34.1 Å². The molecule has 3 aromatic rings. The van der Waals surface area contributed by atoms with Gasteiger partial charge >= 0.3 is 5.69 Å². The number of anilines is 1. The summed E-state index contributed by atoms with van der Waals surface area (Å²) in [6, 6.07) is 5.30. The molecule has 0 unspecified atom stereocenters. The van der Waals surface area contributed by atoms with Crippen LogP contribution in [0.1, 0.15) is 0 Å². The van der Waals surface area contributed by atoms with Gasteiger partial charge in [0.25, 0.3) is 5.56 Å². The van der Waals surface area contributed by atoms with E-state index in [1.165, 1.54) is 0 Å². The molecule has 1 aromatic carbocycles. The number of nitrogen functional groups attached to an aromatic ring is 1. The number of nitrogens with two attached hydrogens (primary N) is 1. The van der Waals surface area contributed by atoms with Crippen molar-refractivity contribution in [3.8, 4) is 11.4 Å². The van der Waals surface area contributed by atoms with E-state index in [4.69, 9.17) is 5.73 Å². The Hall–Kier alpha value is -2.35. The van der Waals surface area contributed by atoms with Crippen LogP contribution >= 0.6 is 15.9 Å². The highest BCUT2D eigenvalue weighted by molar-refractivity contribution is 9.10. The third kappa shape index (κ3) is 1.95. The smallest absolute Gasteiger partial charge is 0.327 e. The predicted molar refractivity (Wildman–Crippen MR) is 74.9 cm³/mol. The van der Waals surface area contributed by atoms with Crippen LogP contribution < -0.4 is 17.0 Å². The highest BCUT2D eigenvalue weighted by Crippen LogP contribution is 2.25. The van der Waals surface area contributed by atoms with Crippen molar-refractivity contribution >= 4 is 32.8 Å². The zero-order chi connectivity index (χ0) is 13.6. The Labute approximate surface area is 114 Å². The molecule has 0 aliphatic rings. The fourth-order valence-corrected chi connectivity index (χ4v) is 2.01. The molecule has 0 bridgehead atoms. The number of hydrogen-bond donors (Lipinski definition) is 4. The Kier molecular flexibility index (Phi) is 2.53. The lowest BCUT2D eigenvalue weighted by Gasteiger charge is -2.00. The molecule has 0 aliphatic carbocycles. The number of nitrogens with zero attached hydrogens (tertiary/aromatic N) is 1. The first-order valence-corrected chi connectivity index (χ1v) is 6.11. The highest BCUT2D eigenvalue weighted by atomic mass is 79.9. The summed E-state index contributed by atoms with van der Waals surface area (Å²) in [5, 5.41) is 0. The minimum absolute atomic E-state index is 0.213. The Morgan fingerprint density at radius 3 is 2.68 bits per heavy atom. The van der Waals surface area contributed by atoms with Crippen molar-refractivity contribution < 1.29 is 0 Å². The van der Waals surface area contributed by atoms with Crippen LogP contribution in [-0.4, -0.2) is 19.9 Å². The third-order valence-corrected chi connectivity index (χ3v) is 3.38. The van der Waals surface area contributed by atoms with Gasteiger partial charge in [-0.3, -0.25) is 14.8 Å². The first-order valence-electron chi connectivity index (χ1n) is 5.32. The Morgan fingerprint density at radius 2 is 1.95 bits per heavy atom. The summed E-state index contributed by atoms with van der Waals surface area (Å²) in [4.78, 5) is 34.4. The van der Waals surface area contributed by atoms with Gasteiger partial charge in [-0.15, -0.1) is 0 Å². The number of fused-ring (bicyclic) bond motifs is 1. The molecule has 3 rings (SSSR count). The molecule has 0 atom stereocenters. The van der Waals surface area contributed by atoms with Crippen molar-refractivity contribution in [2.75, 3.05) is 5.73 Å². The molecule has 0 aliphatic heterocycles. The van der Waals surface area contributed by atoms with Crippen LogP contribution in [0.3, 0.4) is 0 Å². The van der Waals surface area contributed by atoms with Gasteiger partial charge in [0.1, 0.15) is 11.3 Å². The summed E-state index contributed by atoms with van der Waals surface area (Å²) in [5.41, 5.74) is 6.40. The van der Waals surface area contributed by atoms with Crippen LogP contribution in [0, 0.1) is 0 Å². The number of hydrogen-bond acceptors (Lipinski definition) is 4. The van der Waals surface area contributed by atoms with Gasteiger partial charge in [-0.2, -0.15) is 0 Å². The van der Waals surface area contributed by atoms with Crippen molar-refractivity contribution in [2.24, 2.45) is 0 Å². The van der Waals surface area contributed by atoms with Crippen molar-refractivity contribution in [2.45, 2.75) is 0 Å². The molecule has 5 N–H and O–H groups in total. The summed E-state index contributed by atoms with van der Waals surface area (Å²) in [6.45, 7) is 0. The molecular formula is C11H8BrN5O2. The average molecular weight is 322 g/mol. The number of nitrogens with one attached hydrogen (secondary N) is 3. The second-order valence-corrected chi connectivity index (χ2v) is 4.81. The fraction of sp³-hybridized carbons (Fsp3) is 0. The van der Waals surface area contributed by atoms with Gasteiger partial charge in [-0.25, -0.2) is 9.78 Å². The van der Waals surface area contributed by atoms with Crippen LogP contribution in [-0.2, 0) is 0 Å². The van der Waals surface area contributed by atoms with Gasteiger partial charge in [0, 0.05) is 15.7 Å². The Bertz CT molecular complexity index is 892. The zero-order valence-corrected chi connectivity index (χ0v) is 11.0. The second-order valence-electron chi connectivity index (χ2n) is 3.95. The number of rotatable bonds is 1. The number of benzene rings is 1. The number of H-pyrrole nitrogens is 3. The molecule has 8 heteroatoms. The molecule has 19 heavy (non-hydrogen) atoms. The molecule has 0 amide bonds. The highest BCUT2D eigenvalue weighted by Gasteiger charge is 2.10. The Balaban J connectivity index is 2.26. The van der Waals surface area contributed by atoms with E-state index >= 15 is 0 Å². The zero-order valence-electron chi connectivity index (χ0n) is 9.45. The van der Waals surface area contributed by atoms with Crippen LogP contribution in [0.2, 0.25) is 0 Å². The maximum atomic E-state index is 11.6. The summed E-state index contributed by atoms with van der Waals surface area (Å²) in [6.07, 6.45) is 0. The lowest BCUT2D eigenvalue weighted by molar-refractivity contribution is 1.07.